The van der Waals surface area contributed by atoms with E-state index in [-0.39, 0.29) is 17.9 Å². The van der Waals surface area contributed by atoms with Crippen LogP contribution >= 0.6 is 0 Å². The second-order valence-corrected chi connectivity index (χ2v) is 3.66. The molecule has 1 fully saturated rings. The minimum atomic E-state index is -0.100. The zero-order valence-corrected chi connectivity index (χ0v) is 8.29. The fourth-order valence-corrected chi connectivity index (χ4v) is 1.88. The molecule has 0 aliphatic heterocycles. The Labute approximate surface area is 79.6 Å². The highest BCUT2D eigenvalue weighted by Crippen LogP contribution is 2.23. The lowest BCUT2D eigenvalue weighted by molar-refractivity contribution is -0.148. The van der Waals surface area contributed by atoms with E-state index in [1.807, 2.05) is 6.92 Å². The summed E-state index contributed by atoms with van der Waals surface area (Å²) in [5.41, 5.74) is 5.91. The first-order valence-corrected chi connectivity index (χ1v) is 5.18. The van der Waals surface area contributed by atoms with Crippen molar-refractivity contribution in [2.45, 2.75) is 45.1 Å². The summed E-state index contributed by atoms with van der Waals surface area (Å²) >= 11 is 0. The molecule has 0 radical (unpaired) electrons. The van der Waals surface area contributed by atoms with E-state index < -0.39 is 0 Å². The van der Waals surface area contributed by atoms with Gasteiger partial charge in [-0.15, -0.1) is 0 Å². The van der Waals surface area contributed by atoms with Gasteiger partial charge in [0.15, 0.2) is 0 Å². The Bertz CT molecular complexity index is 170. The predicted octanol–water partition coefficient (Wildman–Crippen LogP) is 1.46. The van der Waals surface area contributed by atoms with Crippen molar-refractivity contribution in [2.24, 2.45) is 11.7 Å². The highest BCUT2D eigenvalue weighted by Gasteiger charge is 2.27. The molecular formula is C10H19NO2. The van der Waals surface area contributed by atoms with Crippen LogP contribution in [0.5, 0.6) is 0 Å². The van der Waals surface area contributed by atoms with Crippen LogP contribution < -0.4 is 5.73 Å². The van der Waals surface area contributed by atoms with Gasteiger partial charge in [0, 0.05) is 6.04 Å². The first-order chi connectivity index (χ1) is 6.25. The van der Waals surface area contributed by atoms with Crippen molar-refractivity contribution in [3.8, 4) is 0 Å². The average molecular weight is 185 g/mol. The number of carbonyl (C=O) groups excluding carboxylic acids is 1. The lowest BCUT2D eigenvalue weighted by Crippen LogP contribution is -2.35. The van der Waals surface area contributed by atoms with E-state index in [1.165, 1.54) is 6.42 Å². The van der Waals surface area contributed by atoms with Gasteiger partial charge in [0.2, 0.25) is 0 Å². The Morgan fingerprint density at radius 1 is 1.38 bits per heavy atom. The maximum Gasteiger partial charge on any atom is 0.310 e. The minimum Gasteiger partial charge on any atom is -0.466 e. The van der Waals surface area contributed by atoms with Crippen LogP contribution in [0.3, 0.4) is 0 Å². The van der Waals surface area contributed by atoms with Gasteiger partial charge in [0.05, 0.1) is 12.5 Å². The van der Waals surface area contributed by atoms with Crippen molar-refractivity contribution in [1.29, 1.82) is 0 Å². The monoisotopic (exact) mass is 185 g/mol. The fourth-order valence-electron chi connectivity index (χ4n) is 1.88. The number of rotatable bonds is 2. The largest absolute Gasteiger partial charge is 0.466 e. The number of hydrogen-bond donors (Lipinski definition) is 1. The van der Waals surface area contributed by atoms with E-state index in [1.54, 1.807) is 0 Å². The van der Waals surface area contributed by atoms with E-state index in [0.29, 0.717) is 6.61 Å². The molecule has 1 aliphatic carbocycles. The first kappa shape index (κ1) is 10.5. The van der Waals surface area contributed by atoms with Crippen LogP contribution in [0, 0.1) is 5.92 Å². The van der Waals surface area contributed by atoms with Gasteiger partial charge >= 0.3 is 5.97 Å². The van der Waals surface area contributed by atoms with Crippen molar-refractivity contribution in [2.75, 3.05) is 6.61 Å². The van der Waals surface area contributed by atoms with Gasteiger partial charge in [-0.25, -0.2) is 0 Å². The van der Waals surface area contributed by atoms with E-state index in [2.05, 4.69) is 0 Å². The van der Waals surface area contributed by atoms with Crippen LogP contribution in [0.1, 0.15) is 39.0 Å². The van der Waals surface area contributed by atoms with Gasteiger partial charge in [-0.3, -0.25) is 4.79 Å². The summed E-state index contributed by atoms with van der Waals surface area (Å²) in [6.45, 7) is 2.29. The number of carbonyl (C=O) groups is 1. The van der Waals surface area contributed by atoms with Gasteiger partial charge in [0.1, 0.15) is 0 Å². The standard InChI is InChI=1S/C10H19NO2/c1-2-13-10(12)8-6-4-3-5-7-9(8)11/h8-9H,2-7,11H2,1H3/t8-,9+/m0/s1. The maximum atomic E-state index is 11.5. The summed E-state index contributed by atoms with van der Waals surface area (Å²) in [7, 11) is 0. The lowest BCUT2D eigenvalue weighted by atomic mass is 9.96. The minimum absolute atomic E-state index is 0.0153. The second-order valence-electron chi connectivity index (χ2n) is 3.66. The smallest absolute Gasteiger partial charge is 0.310 e. The van der Waals surface area contributed by atoms with Crippen molar-refractivity contribution in [1.82, 2.24) is 0 Å². The average Bonchev–Trinajstić information content (AvgIpc) is 2.30. The molecule has 1 rings (SSSR count). The van der Waals surface area contributed by atoms with Crippen molar-refractivity contribution in [3.63, 3.8) is 0 Å². The SMILES string of the molecule is CCOC(=O)[C@H]1CCCCC[C@H]1N. The Morgan fingerprint density at radius 3 is 2.77 bits per heavy atom. The molecule has 0 aromatic rings. The van der Waals surface area contributed by atoms with Crippen molar-refractivity contribution in [3.05, 3.63) is 0 Å². The summed E-state index contributed by atoms with van der Waals surface area (Å²) in [6.07, 6.45) is 5.32. The molecular weight excluding hydrogens is 166 g/mol. The molecule has 0 aromatic heterocycles. The van der Waals surface area contributed by atoms with Crippen LogP contribution in [-0.2, 0) is 9.53 Å². The summed E-state index contributed by atoms with van der Waals surface area (Å²) in [5.74, 6) is -0.153. The molecule has 2 N–H and O–H groups in total. The molecule has 0 heterocycles. The molecule has 76 valence electrons. The van der Waals surface area contributed by atoms with Crippen LogP contribution in [0.4, 0.5) is 0 Å². The topological polar surface area (TPSA) is 52.3 Å². The van der Waals surface area contributed by atoms with Gasteiger partial charge in [-0.05, 0) is 19.8 Å². The Balaban J connectivity index is 2.48. The lowest BCUT2D eigenvalue weighted by Gasteiger charge is -2.18. The molecule has 0 spiro atoms. The van der Waals surface area contributed by atoms with E-state index >= 15 is 0 Å². The highest BCUT2D eigenvalue weighted by atomic mass is 16.5. The number of esters is 1. The molecule has 0 saturated heterocycles. The number of hydrogen-bond acceptors (Lipinski definition) is 3. The van der Waals surface area contributed by atoms with Crippen LogP contribution in [0.2, 0.25) is 0 Å². The zero-order valence-electron chi connectivity index (χ0n) is 8.29. The molecule has 2 atom stereocenters. The molecule has 3 heteroatoms. The third kappa shape index (κ3) is 2.99. The molecule has 0 amide bonds. The van der Waals surface area contributed by atoms with E-state index in [4.69, 9.17) is 10.5 Å². The molecule has 13 heavy (non-hydrogen) atoms. The van der Waals surface area contributed by atoms with E-state index in [9.17, 15) is 4.79 Å². The Hall–Kier alpha value is -0.570. The third-order valence-electron chi connectivity index (χ3n) is 2.66. The van der Waals surface area contributed by atoms with Gasteiger partial charge in [-0.2, -0.15) is 0 Å². The van der Waals surface area contributed by atoms with Gasteiger partial charge in [-0.1, -0.05) is 19.3 Å². The van der Waals surface area contributed by atoms with Crippen molar-refractivity contribution < 1.29 is 9.53 Å². The third-order valence-corrected chi connectivity index (χ3v) is 2.66. The highest BCUT2D eigenvalue weighted by molar-refractivity contribution is 5.73. The Kier molecular flexibility index (Phi) is 4.22. The fraction of sp³-hybridized carbons (Fsp3) is 0.900. The molecule has 1 aliphatic rings. The quantitative estimate of drug-likeness (QED) is 0.523. The van der Waals surface area contributed by atoms with Gasteiger partial charge < -0.3 is 10.5 Å². The molecule has 0 bridgehead atoms. The van der Waals surface area contributed by atoms with Gasteiger partial charge in [0.25, 0.3) is 0 Å². The van der Waals surface area contributed by atoms with Crippen LogP contribution in [0.25, 0.3) is 0 Å². The molecule has 3 nitrogen and oxygen atoms in total. The summed E-state index contributed by atoms with van der Waals surface area (Å²) in [6, 6.07) is 0.0153. The predicted molar refractivity (Wildman–Crippen MR) is 51.2 cm³/mol. The summed E-state index contributed by atoms with van der Waals surface area (Å²) in [5, 5.41) is 0. The first-order valence-electron chi connectivity index (χ1n) is 5.18. The molecule has 0 aromatic carbocycles. The maximum absolute atomic E-state index is 11.5. The van der Waals surface area contributed by atoms with Crippen LogP contribution in [-0.4, -0.2) is 18.6 Å². The molecule has 1 saturated carbocycles. The molecule has 0 unspecified atom stereocenters. The summed E-state index contributed by atoms with van der Waals surface area (Å²) in [4.78, 5) is 11.5. The normalized spacial score (nSPS) is 29.4. The van der Waals surface area contributed by atoms with E-state index in [0.717, 1.165) is 25.7 Å². The van der Waals surface area contributed by atoms with Crippen molar-refractivity contribution >= 4 is 5.97 Å². The second kappa shape index (κ2) is 5.22. The number of ether oxygens (including phenoxy) is 1. The zero-order chi connectivity index (χ0) is 9.68. The Morgan fingerprint density at radius 2 is 2.08 bits per heavy atom. The van der Waals surface area contributed by atoms with Crippen LogP contribution in [0.15, 0.2) is 0 Å². The number of nitrogens with two attached hydrogens (primary N) is 1. The summed E-state index contributed by atoms with van der Waals surface area (Å²) < 4.78 is 4.99.